The number of rotatable bonds is 6. The average molecular weight is 322 g/mol. The predicted molar refractivity (Wildman–Crippen MR) is 95.7 cm³/mol. The lowest BCUT2D eigenvalue weighted by atomic mass is 10.1. The highest BCUT2D eigenvalue weighted by molar-refractivity contribution is 5.89. The predicted octanol–water partition coefficient (Wildman–Crippen LogP) is 2.57. The normalized spacial score (nSPS) is 10.9. The zero-order chi connectivity index (χ0) is 16.9. The summed E-state index contributed by atoms with van der Waals surface area (Å²) in [6.45, 7) is 0.671. The highest BCUT2D eigenvalue weighted by Gasteiger charge is 2.10. The molecule has 0 saturated carbocycles. The molecule has 0 bridgehead atoms. The third kappa shape index (κ3) is 3.66. The first kappa shape index (κ1) is 16.3. The standard InChI is InChI=1S/C20H22N2O2/c1-22-13-17(18-4-2-3-5-19(18)22)12-20(24)21-11-10-15-6-8-16(14-23)9-7-15/h2-9,13,23H,10-12,14H2,1H3,(H,21,24). The van der Waals surface area contributed by atoms with Crippen LogP contribution >= 0.6 is 0 Å². The van der Waals surface area contributed by atoms with Gasteiger partial charge in [0.15, 0.2) is 0 Å². The highest BCUT2D eigenvalue weighted by Crippen LogP contribution is 2.20. The molecule has 0 fully saturated rings. The molecular formula is C20H22N2O2. The molecule has 0 radical (unpaired) electrons. The fourth-order valence-corrected chi connectivity index (χ4v) is 2.96. The quantitative estimate of drug-likeness (QED) is 0.733. The fourth-order valence-electron chi connectivity index (χ4n) is 2.96. The molecule has 2 aromatic carbocycles. The Morgan fingerprint density at radius 1 is 1.08 bits per heavy atom. The Hall–Kier alpha value is -2.59. The first-order chi connectivity index (χ1) is 11.7. The molecule has 124 valence electrons. The summed E-state index contributed by atoms with van der Waals surface area (Å²) in [7, 11) is 2.00. The smallest absolute Gasteiger partial charge is 0.224 e. The molecule has 0 aliphatic rings. The second-order valence-corrected chi connectivity index (χ2v) is 6.03. The number of nitrogens with one attached hydrogen (secondary N) is 1. The zero-order valence-electron chi connectivity index (χ0n) is 13.8. The van der Waals surface area contributed by atoms with E-state index in [-0.39, 0.29) is 12.5 Å². The maximum Gasteiger partial charge on any atom is 0.224 e. The van der Waals surface area contributed by atoms with Gasteiger partial charge in [-0.05, 0) is 29.2 Å². The minimum absolute atomic E-state index is 0.0401. The average Bonchev–Trinajstić information content (AvgIpc) is 2.92. The molecule has 0 unspecified atom stereocenters. The maximum absolute atomic E-state index is 12.2. The minimum atomic E-state index is 0.0401. The lowest BCUT2D eigenvalue weighted by Gasteiger charge is -2.06. The zero-order valence-corrected chi connectivity index (χ0v) is 13.8. The number of amides is 1. The van der Waals surface area contributed by atoms with Gasteiger partial charge in [-0.15, -0.1) is 0 Å². The van der Waals surface area contributed by atoms with Gasteiger partial charge in [0.25, 0.3) is 0 Å². The number of para-hydroxylation sites is 1. The molecule has 3 aromatic rings. The van der Waals surface area contributed by atoms with Crippen LogP contribution in [0.4, 0.5) is 0 Å². The van der Waals surface area contributed by atoms with Gasteiger partial charge >= 0.3 is 0 Å². The fraction of sp³-hybridized carbons (Fsp3) is 0.250. The summed E-state index contributed by atoms with van der Waals surface area (Å²) in [5.74, 6) is 0.0401. The number of nitrogens with zero attached hydrogens (tertiary/aromatic N) is 1. The second kappa shape index (κ2) is 7.32. The Morgan fingerprint density at radius 2 is 1.79 bits per heavy atom. The van der Waals surface area contributed by atoms with Crippen LogP contribution in [-0.4, -0.2) is 22.1 Å². The molecular weight excluding hydrogens is 300 g/mol. The number of benzene rings is 2. The molecule has 1 amide bonds. The number of hydrogen-bond acceptors (Lipinski definition) is 2. The van der Waals surface area contributed by atoms with Crippen LogP contribution in [0.15, 0.2) is 54.7 Å². The molecule has 0 spiro atoms. The summed E-state index contributed by atoms with van der Waals surface area (Å²) in [5.41, 5.74) is 4.25. The van der Waals surface area contributed by atoms with Crippen molar-refractivity contribution >= 4 is 16.8 Å². The minimum Gasteiger partial charge on any atom is -0.392 e. The van der Waals surface area contributed by atoms with Crippen molar-refractivity contribution in [3.8, 4) is 0 Å². The largest absolute Gasteiger partial charge is 0.392 e. The van der Waals surface area contributed by atoms with Crippen LogP contribution < -0.4 is 5.32 Å². The molecule has 24 heavy (non-hydrogen) atoms. The van der Waals surface area contributed by atoms with Crippen LogP contribution in [0.3, 0.4) is 0 Å². The van der Waals surface area contributed by atoms with Gasteiger partial charge in [0.05, 0.1) is 13.0 Å². The first-order valence-electron chi connectivity index (χ1n) is 8.15. The van der Waals surface area contributed by atoms with Gasteiger partial charge in [-0.3, -0.25) is 4.79 Å². The van der Waals surface area contributed by atoms with Crippen molar-refractivity contribution in [3.63, 3.8) is 0 Å². The van der Waals surface area contributed by atoms with Crippen molar-refractivity contribution < 1.29 is 9.90 Å². The summed E-state index contributed by atoms with van der Waals surface area (Å²) in [5, 5.41) is 13.2. The van der Waals surface area contributed by atoms with Crippen LogP contribution in [0.5, 0.6) is 0 Å². The van der Waals surface area contributed by atoms with Crippen molar-refractivity contribution in [3.05, 3.63) is 71.4 Å². The molecule has 0 aliphatic heterocycles. The van der Waals surface area contributed by atoms with Crippen molar-refractivity contribution in [1.82, 2.24) is 9.88 Å². The van der Waals surface area contributed by atoms with Gasteiger partial charge in [0.1, 0.15) is 0 Å². The lowest BCUT2D eigenvalue weighted by molar-refractivity contribution is -0.120. The number of carbonyl (C=O) groups excluding carboxylic acids is 1. The van der Waals surface area contributed by atoms with E-state index in [0.29, 0.717) is 13.0 Å². The van der Waals surface area contributed by atoms with Crippen LogP contribution in [0.25, 0.3) is 10.9 Å². The summed E-state index contributed by atoms with van der Waals surface area (Å²) in [4.78, 5) is 12.2. The molecule has 0 atom stereocenters. The van der Waals surface area contributed by atoms with Gasteiger partial charge in [0.2, 0.25) is 5.91 Å². The topological polar surface area (TPSA) is 54.3 Å². The summed E-state index contributed by atoms with van der Waals surface area (Å²) in [6, 6.07) is 15.9. The molecule has 2 N–H and O–H groups in total. The molecule has 1 heterocycles. The Balaban J connectivity index is 1.55. The van der Waals surface area contributed by atoms with Crippen LogP contribution in [0.2, 0.25) is 0 Å². The van der Waals surface area contributed by atoms with E-state index in [0.717, 1.165) is 34.0 Å². The third-order valence-corrected chi connectivity index (χ3v) is 4.27. The van der Waals surface area contributed by atoms with Crippen molar-refractivity contribution in [1.29, 1.82) is 0 Å². The summed E-state index contributed by atoms with van der Waals surface area (Å²) >= 11 is 0. The van der Waals surface area contributed by atoms with Gasteiger partial charge < -0.3 is 15.0 Å². The van der Waals surface area contributed by atoms with E-state index in [1.165, 1.54) is 0 Å². The number of fused-ring (bicyclic) bond motifs is 1. The summed E-state index contributed by atoms with van der Waals surface area (Å²) in [6.07, 6.45) is 3.20. The highest BCUT2D eigenvalue weighted by atomic mass is 16.3. The van der Waals surface area contributed by atoms with Gasteiger partial charge in [-0.1, -0.05) is 42.5 Å². The molecule has 4 nitrogen and oxygen atoms in total. The van der Waals surface area contributed by atoms with E-state index < -0.39 is 0 Å². The Bertz CT molecular complexity index is 834. The number of carbonyl (C=O) groups is 1. The molecule has 3 rings (SSSR count). The lowest BCUT2D eigenvalue weighted by Crippen LogP contribution is -2.27. The SMILES string of the molecule is Cn1cc(CC(=O)NCCc2ccc(CO)cc2)c2ccccc21. The monoisotopic (exact) mass is 322 g/mol. The molecule has 0 saturated heterocycles. The number of aryl methyl sites for hydroxylation is 1. The Morgan fingerprint density at radius 3 is 2.54 bits per heavy atom. The van der Waals surface area contributed by atoms with Crippen LogP contribution in [0, 0.1) is 0 Å². The van der Waals surface area contributed by atoms with E-state index >= 15 is 0 Å². The van der Waals surface area contributed by atoms with Gasteiger partial charge in [-0.2, -0.15) is 0 Å². The Kier molecular flexibility index (Phi) is 4.96. The van der Waals surface area contributed by atoms with E-state index in [9.17, 15) is 4.79 Å². The number of aliphatic hydroxyl groups is 1. The first-order valence-corrected chi connectivity index (χ1v) is 8.15. The maximum atomic E-state index is 12.2. The second-order valence-electron chi connectivity index (χ2n) is 6.03. The Labute approximate surface area is 141 Å². The third-order valence-electron chi connectivity index (χ3n) is 4.27. The van der Waals surface area contributed by atoms with Crippen molar-refractivity contribution in [2.24, 2.45) is 7.05 Å². The van der Waals surface area contributed by atoms with Gasteiger partial charge in [0, 0.05) is 30.7 Å². The number of aliphatic hydroxyl groups excluding tert-OH is 1. The van der Waals surface area contributed by atoms with E-state index in [1.807, 2.05) is 49.6 Å². The van der Waals surface area contributed by atoms with E-state index in [2.05, 4.69) is 22.0 Å². The van der Waals surface area contributed by atoms with E-state index in [1.54, 1.807) is 0 Å². The van der Waals surface area contributed by atoms with Crippen molar-refractivity contribution in [2.45, 2.75) is 19.4 Å². The van der Waals surface area contributed by atoms with Crippen LogP contribution in [0.1, 0.15) is 16.7 Å². The number of hydrogen-bond donors (Lipinski definition) is 2. The molecule has 0 aliphatic carbocycles. The number of aromatic nitrogens is 1. The van der Waals surface area contributed by atoms with E-state index in [4.69, 9.17) is 5.11 Å². The van der Waals surface area contributed by atoms with Gasteiger partial charge in [-0.25, -0.2) is 0 Å². The summed E-state index contributed by atoms with van der Waals surface area (Å²) < 4.78 is 2.06. The van der Waals surface area contributed by atoms with Crippen molar-refractivity contribution in [2.75, 3.05) is 6.54 Å². The van der Waals surface area contributed by atoms with Crippen LogP contribution in [-0.2, 0) is 31.3 Å². The molecule has 4 heteroatoms. The molecule has 1 aromatic heterocycles.